The van der Waals surface area contributed by atoms with Crippen LogP contribution in [0.15, 0.2) is 97.2 Å². The van der Waals surface area contributed by atoms with Crippen LogP contribution in [-0.2, 0) is 24.5 Å². The molecule has 37 heavy (non-hydrogen) atoms. The Bertz CT molecular complexity index is 1410. The maximum atomic E-state index is 13.5. The van der Waals surface area contributed by atoms with Gasteiger partial charge in [0.25, 0.3) is 0 Å². The van der Waals surface area contributed by atoms with Crippen molar-refractivity contribution < 1.29 is 23.4 Å². The number of carbonyl (C=O) groups excluding carboxylic acids is 1. The maximum absolute atomic E-state index is 13.5. The summed E-state index contributed by atoms with van der Waals surface area (Å²) in [5.74, 6) is 1.58. The van der Waals surface area contributed by atoms with Crippen LogP contribution >= 0.6 is 0 Å². The molecule has 1 aliphatic heterocycles. The molecule has 1 aliphatic rings. The van der Waals surface area contributed by atoms with Gasteiger partial charge in [0.1, 0.15) is 18.2 Å². The van der Waals surface area contributed by atoms with E-state index >= 15 is 0 Å². The van der Waals surface area contributed by atoms with Crippen molar-refractivity contribution in [2.24, 2.45) is 0 Å². The third kappa shape index (κ3) is 6.52. The van der Waals surface area contributed by atoms with Crippen LogP contribution in [0.5, 0.6) is 17.2 Å². The number of pyridine rings is 1. The van der Waals surface area contributed by atoms with Crippen molar-refractivity contribution in [3.8, 4) is 17.2 Å². The first-order valence-corrected chi connectivity index (χ1v) is 11.9. The number of hydrogen-bond acceptors (Lipinski definition) is 5. The van der Waals surface area contributed by atoms with Gasteiger partial charge >= 0.3 is 0 Å². The molecule has 0 saturated carbocycles. The first-order chi connectivity index (χ1) is 18.1. The van der Waals surface area contributed by atoms with E-state index in [1.807, 2.05) is 60.7 Å². The third-order valence-electron chi connectivity index (χ3n) is 5.77. The van der Waals surface area contributed by atoms with E-state index < -0.39 is 0 Å². The summed E-state index contributed by atoms with van der Waals surface area (Å²) in [5, 5.41) is 0. The standard InChI is InChI=1S/C30H25FN2O4/c31-25-7-3-5-22(15-25)11-13-30(34)33(19-26-8-1-2-14-32-26)18-23-6-4-9-27(16-23)35-20-24-10-12-28-29(17-24)37-21-36-28/h1-17H,18-21H2. The molecule has 2 heterocycles. The second-order valence-corrected chi connectivity index (χ2v) is 8.53. The lowest BCUT2D eigenvalue weighted by molar-refractivity contribution is -0.127. The van der Waals surface area contributed by atoms with Gasteiger partial charge in [-0.1, -0.05) is 36.4 Å². The third-order valence-corrected chi connectivity index (χ3v) is 5.77. The fourth-order valence-corrected chi connectivity index (χ4v) is 3.93. The second kappa shape index (κ2) is 11.4. The van der Waals surface area contributed by atoms with E-state index in [2.05, 4.69) is 4.98 Å². The maximum Gasteiger partial charge on any atom is 0.247 e. The van der Waals surface area contributed by atoms with Crippen LogP contribution in [0.4, 0.5) is 4.39 Å². The highest BCUT2D eigenvalue weighted by atomic mass is 19.1. The van der Waals surface area contributed by atoms with E-state index in [1.165, 1.54) is 18.2 Å². The van der Waals surface area contributed by atoms with Crippen molar-refractivity contribution in [1.29, 1.82) is 0 Å². The van der Waals surface area contributed by atoms with E-state index in [1.54, 1.807) is 29.3 Å². The monoisotopic (exact) mass is 496 g/mol. The molecule has 0 bridgehead atoms. The van der Waals surface area contributed by atoms with Crippen LogP contribution in [0.25, 0.3) is 6.08 Å². The number of amides is 1. The molecule has 1 aromatic heterocycles. The summed E-state index contributed by atoms with van der Waals surface area (Å²) in [7, 11) is 0. The minimum absolute atomic E-state index is 0.207. The number of carbonyl (C=O) groups is 1. The molecule has 5 rings (SSSR count). The highest BCUT2D eigenvalue weighted by Gasteiger charge is 2.15. The molecule has 0 aliphatic carbocycles. The predicted octanol–water partition coefficient (Wildman–Crippen LogP) is 5.77. The van der Waals surface area contributed by atoms with Crippen molar-refractivity contribution in [1.82, 2.24) is 9.88 Å². The Labute approximate surface area is 214 Å². The molecule has 0 spiro atoms. The Hall–Kier alpha value is -4.65. The molecule has 0 fully saturated rings. The fraction of sp³-hybridized carbons (Fsp3) is 0.133. The van der Waals surface area contributed by atoms with Gasteiger partial charge in [-0.2, -0.15) is 0 Å². The zero-order valence-electron chi connectivity index (χ0n) is 20.0. The molecule has 0 unspecified atom stereocenters. The quantitative estimate of drug-likeness (QED) is 0.275. The summed E-state index contributed by atoms with van der Waals surface area (Å²) >= 11 is 0. The number of benzene rings is 3. The average Bonchev–Trinajstić information content (AvgIpc) is 3.39. The number of rotatable bonds is 9. The normalized spacial score (nSPS) is 12.0. The number of hydrogen-bond donors (Lipinski definition) is 0. The number of fused-ring (bicyclic) bond motifs is 1. The number of aromatic nitrogens is 1. The minimum Gasteiger partial charge on any atom is -0.489 e. The fourth-order valence-electron chi connectivity index (χ4n) is 3.93. The van der Waals surface area contributed by atoms with Gasteiger partial charge in [0.05, 0.1) is 12.2 Å². The van der Waals surface area contributed by atoms with Gasteiger partial charge in [0.2, 0.25) is 12.7 Å². The van der Waals surface area contributed by atoms with Crippen LogP contribution in [0, 0.1) is 5.82 Å². The predicted molar refractivity (Wildman–Crippen MR) is 137 cm³/mol. The van der Waals surface area contributed by atoms with Gasteiger partial charge in [0, 0.05) is 18.8 Å². The largest absolute Gasteiger partial charge is 0.489 e. The number of nitrogens with zero attached hydrogens (tertiary/aromatic N) is 2. The number of ether oxygens (including phenoxy) is 3. The lowest BCUT2D eigenvalue weighted by Crippen LogP contribution is -2.28. The van der Waals surface area contributed by atoms with Gasteiger partial charge in [-0.05, 0) is 71.3 Å². The van der Waals surface area contributed by atoms with E-state index in [0.717, 1.165) is 22.6 Å². The summed E-state index contributed by atoms with van der Waals surface area (Å²) in [6.45, 7) is 1.28. The molecule has 4 aromatic rings. The Morgan fingerprint density at radius 3 is 2.68 bits per heavy atom. The Morgan fingerprint density at radius 1 is 0.919 bits per heavy atom. The smallest absolute Gasteiger partial charge is 0.247 e. The SMILES string of the molecule is O=C(C=Cc1cccc(F)c1)N(Cc1cccc(OCc2ccc3c(c2)OCO3)c1)Cc1ccccn1. The molecule has 0 atom stereocenters. The summed E-state index contributed by atoms with van der Waals surface area (Å²) in [4.78, 5) is 19.2. The van der Waals surface area contributed by atoms with Crippen LogP contribution in [0.2, 0.25) is 0 Å². The van der Waals surface area contributed by atoms with Crippen LogP contribution in [0.3, 0.4) is 0 Å². The zero-order chi connectivity index (χ0) is 25.5. The summed E-state index contributed by atoms with van der Waals surface area (Å²) in [5.41, 5.74) is 3.26. The lowest BCUT2D eigenvalue weighted by Gasteiger charge is -2.21. The van der Waals surface area contributed by atoms with Crippen molar-refractivity contribution in [3.63, 3.8) is 0 Å². The summed E-state index contributed by atoms with van der Waals surface area (Å²) in [6, 6.07) is 25.1. The van der Waals surface area contributed by atoms with E-state index in [9.17, 15) is 9.18 Å². The first-order valence-electron chi connectivity index (χ1n) is 11.9. The van der Waals surface area contributed by atoms with Gasteiger partial charge in [0.15, 0.2) is 11.5 Å². The molecular weight excluding hydrogens is 471 g/mol. The Kier molecular flexibility index (Phi) is 7.41. The summed E-state index contributed by atoms with van der Waals surface area (Å²) < 4.78 is 30.3. The van der Waals surface area contributed by atoms with Crippen LogP contribution in [-0.4, -0.2) is 22.6 Å². The van der Waals surface area contributed by atoms with Crippen LogP contribution in [0.1, 0.15) is 22.4 Å². The molecule has 0 N–H and O–H groups in total. The molecule has 7 heteroatoms. The zero-order valence-corrected chi connectivity index (χ0v) is 20.0. The van der Waals surface area contributed by atoms with Crippen molar-refractivity contribution in [2.75, 3.05) is 6.79 Å². The van der Waals surface area contributed by atoms with Gasteiger partial charge < -0.3 is 19.1 Å². The molecule has 6 nitrogen and oxygen atoms in total. The number of halogens is 1. The van der Waals surface area contributed by atoms with Crippen molar-refractivity contribution in [2.45, 2.75) is 19.7 Å². The molecule has 1 amide bonds. The van der Waals surface area contributed by atoms with E-state index in [0.29, 0.717) is 36.8 Å². The highest BCUT2D eigenvalue weighted by molar-refractivity contribution is 5.91. The Morgan fingerprint density at radius 2 is 1.81 bits per heavy atom. The molecule has 186 valence electrons. The van der Waals surface area contributed by atoms with Crippen molar-refractivity contribution in [3.05, 3.63) is 125 Å². The van der Waals surface area contributed by atoms with E-state index in [-0.39, 0.29) is 18.5 Å². The molecule has 0 saturated heterocycles. The Balaban J connectivity index is 1.29. The van der Waals surface area contributed by atoms with Crippen LogP contribution < -0.4 is 14.2 Å². The summed E-state index contributed by atoms with van der Waals surface area (Å²) in [6.07, 6.45) is 4.77. The van der Waals surface area contributed by atoms with Gasteiger partial charge in [-0.3, -0.25) is 9.78 Å². The van der Waals surface area contributed by atoms with E-state index in [4.69, 9.17) is 14.2 Å². The lowest BCUT2D eigenvalue weighted by atomic mass is 10.1. The molecular formula is C30H25FN2O4. The van der Waals surface area contributed by atoms with Gasteiger partial charge in [-0.15, -0.1) is 0 Å². The first kappa shape index (κ1) is 24.1. The minimum atomic E-state index is -0.350. The van der Waals surface area contributed by atoms with Gasteiger partial charge in [-0.25, -0.2) is 4.39 Å². The van der Waals surface area contributed by atoms with Crippen molar-refractivity contribution >= 4 is 12.0 Å². The molecule has 3 aromatic carbocycles. The average molecular weight is 497 g/mol. The topological polar surface area (TPSA) is 60.9 Å². The molecule has 0 radical (unpaired) electrons. The second-order valence-electron chi connectivity index (χ2n) is 8.53. The highest BCUT2D eigenvalue weighted by Crippen LogP contribution is 2.32.